The molecule has 1 fully saturated rings. The highest BCUT2D eigenvalue weighted by Gasteiger charge is 2.60. The van der Waals surface area contributed by atoms with Crippen LogP contribution in [0.3, 0.4) is 0 Å². The summed E-state index contributed by atoms with van der Waals surface area (Å²) in [5.41, 5.74) is -1.44. The zero-order valence-electron chi connectivity index (χ0n) is 19.1. The molecule has 3 rings (SSSR count). The standard InChI is InChI=1S/C25H32FNO4S/c1-18-24(4,5)32(29,30)22(15-23(2,3)28)25(27-18,20-13-9-10-14-21(20)26)17-31-16-19-11-7-6-8-12-19/h6-14,22,27-28H,1,15-17H2,2-5H3/t22-,25-/m1/s1. The number of hydrogen-bond acceptors (Lipinski definition) is 5. The summed E-state index contributed by atoms with van der Waals surface area (Å²) >= 11 is 0. The first-order valence-corrected chi connectivity index (χ1v) is 12.2. The normalized spacial score (nSPS) is 24.7. The molecule has 0 saturated carbocycles. The van der Waals surface area contributed by atoms with Crippen LogP contribution in [0.15, 0.2) is 66.9 Å². The molecule has 2 N–H and O–H groups in total. The first-order chi connectivity index (χ1) is 14.8. The molecule has 0 bridgehead atoms. The fraction of sp³-hybridized carbons (Fsp3) is 0.440. The molecule has 0 aliphatic carbocycles. The monoisotopic (exact) mass is 461 g/mol. The van der Waals surface area contributed by atoms with Crippen LogP contribution in [-0.4, -0.2) is 35.7 Å². The van der Waals surface area contributed by atoms with Crippen LogP contribution in [0.5, 0.6) is 0 Å². The molecule has 0 unspecified atom stereocenters. The van der Waals surface area contributed by atoms with Crippen LogP contribution >= 0.6 is 0 Å². The predicted molar refractivity (Wildman–Crippen MR) is 124 cm³/mol. The fourth-order valence-corrected chi connectivity index (χ4v) is 6.72. The van der Waals surface area contributed by atoms with Crippen molar-refractivity contribution in [3.63, 3.8) is 0 Å². The first-order valence-electron chi connectivity index (χ1n) is 10.6. The zero-order chi connectivity index (χ0) is 23.8. The molecule has 2 atom stereocenters. The van der Waals surface area contributed by atoms with Gasteiger partial charge in [-0.25, -0.2) is 12.8 Å². The minimum atomic E-state index is -3.92. The van der Waals surface area contributed by atoms with Gasteiger partial charge in [-0.2, -0.15) is 0 Å². The van der Waals surface area contributed by atoms with Gasteiger partial charge in [-0.1, -0.05) is 55.1 Å². The van der Waals surface area contributed by atoms with E-state index in [1.54, 1.807) is 45.9 Å². The molecular formula is C25H32FNO4S. The molecule has 1 heterocycles. The van der Waals surface area contributed by atoms with Crippen molar-refractivity contribution in [3.05, 3.63) is 83.8 Å². The summed E-state index contributed by atoms with van der Waals surface area (Å²) in [4.78, 5) is 0. The highest BCUT2D eigenvalue weighted by Crippen LogP contribution is 2.46. The third-order valence-corrected chi connectivity index (χ3v) is 9.20. The second-order valence-electron chi connectivity index (χ2n) is 9.59. The largest absolute Gasteiger partial charge is 0.390 e. The van der Waals surface area contributed by atoms with Crippen LogP contribution in [0.4, 0.5) is 4.39 Å². The molecule has 2 aromatic rings. The first kappa shape index (κ1) is 24.4. The van der Waals surface area contributed by atoms with Crippen molar-refractivity contribution in [3.8, 4) is 0 Å². The molecule has 2 aromatic carbocycles. The number of benzene rings is 2. The maximum absolute atomic E-state index is 15.2. The van der Waals surface area contributed by atoms with Crippen molar-refractivity contribution in [2.24, 2.45) is 0 Å². The number of aliphatic hydroxyl groups is 1. The van der Waals surface area contributed by atoms with Gasteiger partial charge in [-0.15, -0.1) is 0 Å². The minimum Gasteiger partial charge on any atom is -0.390 e. The van der Waals surface area contributed by atoms with E-state index in [1.807, 2.05) is 30.3 Å². The molecular weight excluding hydrogens is 429 g/mol. The van der Waals surface area contributed by atoms with Gasteiger partial charge in [0.2, 0.25) is 0 Å². The van der Waals surface area contributed by atoms with Crippen molar-refractivity contribution in [1.29, 1.82) is 0 Å². The van der Waals surface area contributed by atoms with Crippen LogP contribution in [-0.2, 0) is 26.7 Å². The number of rotatable bonds is 7. The Kier molecular flexibility index (Phi) is 6.57. The summed E-state index contributed by atoms with van der Waals surface area (Å²) in [6.07, 6.45) is -0.109. The van der Waals surface area contributed by atoms with Gasteiger partial charge < -0.3 is 15.2 Å². The highest BCUT2D eigenvalue weighted by atomic mass is 32.2. The van der Waals surface area contributed by atoms with E-state index in [-0.39, 0.29) is 30.9 Å². The lowest BCUT2D eigenvalue weighted by molar-refractivity contribution is 0.0233. The predicted octanol–water partition coefficient (Wildman–Crippen LogP) is 4.08. The third kappa shape index (κ3) is 4.47. The quantitative estimate of drug-likeness (QED) is 0.650. The zero-order valence-corrected chi connectivity index (χ0v) is 19.9. The molecule has 7 heteroatoms. The summed E-state index contributed by atoms with van der Waals surface area (Å²) in [6, 6.07) is 15.5. The van der Waals surface area contributed by atoms with Gasteiger partial charge in [0, 0.05) is 11.3 Å². The van der Waals surface area contributed by atoms with Crippen molar-refractivity contribution < 1.29 is 22.7 Å². The van der Waals surface area contributed by atoms with Gasteiger partial charge in [-0.3, -0.25) is 0 Å². The van der Waals surface area contributed by atoms with E-state index in [1.165, 1.54) is 6.07 Å². The fourth-order valence-electron chi connectivity index (χ4n) is 4.20. The number of hydrogen-bond donors (Lipinski definition) is 2. The van der Waals surface area contributed by atoms with E-state index < -0.39 is 36.8 Å². The van der Waals surface area contributed by atoms with Gasteiger partial charge in [0.25, 0.3) is 0 Å². The molecule has 0 radical (unpaired) electrons. The highest BCUT2D eigenvalue weighted by molar-refractivity contribution is 7.93. The smallest absolute Gasteiger partial charge is 0.166 e. The minimum absolute atomic E-state index is 0.109. The van der Waals surface area contributed by atoms with E-state index >= 15 is 4.39 Å². The molecule has 1 aliphatic heterocycles. The van der Waals surface area contributed by atoms with E-state index in [9.17, 15) is 13.5 Å². The number of sulfone groups is 1. The Morgan fingerprint density at radius 1 is 1.12 bits per heavy atom. The average Bonchev–Trinajstić information content (AvgIpc) is 2.70. The van der Waals surface area contributed by atoms with Gasteiger partial charge >= 0.3 is 0 Å². The van der Waals surface area contributed by atoms with Crippen LogP contribution in [0.25, 0.3) is 0 Å². The van der Waals surface area contributed by atoms with Crippen LogP contribution in [0.2, 0.25) is 0 Å². The van der Waals surface area contributed by atoms with Crippen molar-refractivity contribution in [2.75, 3.05) is 6.61 Å². The van der Waals surface area contributed by atoms with E-state index in [0.29, 0.717) is 0 Å². The average molecular weight is 462 g/mol. The Morgan fingerprint density at radius 3 is 2.31 bits per heavy atom. The van der Waals surface area contributed by atoms with E-state index in [2.05, 4.69) is 11.9 Å². The summed E-state index contributed by atoms with van der Waals surface area (Å²) in [5.74, 6) is -0.549. The number of nitrogens with one attached hydrogen (secondary N) is 1. The maximum Gasteiger partial charge on any atom is 0.166 e. The number of ether oxygens (including phenoxy) is 1. The lowest BCUT2D eigenvalue weighted by Gasteiger charge is -2.52. The van der Waals surface area contributed by atoms with Crippen molar-refractivity contribution in [2.45, 2.75) is 61.9 Å². The molecule has 1 aliphatic rings. The van der Waals surface area contributed by atoms with Crippen LogP contribution in [0.1, 0.15) is 45.2 Å². The molecule has 5 nitrogen and oxygen atoms in total. The Hall–Kier alpha value is -2.22. The van der Waals surface area contributed by atoms with Crippen molar-refractivity contribution >= 4 is 9.84 Å². The Labute approximate surface area is 190 Å². The summed E-state index contributed by atoms with van der Waals surface area (Å²) in [7, 11) is -3.92. The van der Waals surface area contributed by atoms with Crippen molar-refractivity contribution in [1.82, 2.24) is 5.32 Å². The van der Waals surface area contributed by atoms with Crippen LogP contribution in [0, 0.1) is 5.82 Å². The van der Waals surface area contributed by atoms with Crippen LogP contribution < -0.4 is 5.32 Å². The van der Waals surface area contributed by atoms with E-state index in [4.69, 9.17) is 4.74 Å². The van der Waals surface area contributed by atoms with E-state index in [0.717, 1.165) is 5.56 Å². The molecule has 0 aromatic heterocycles. The van der Waals surface area contributed by atoms with Gasteiger partial charge in [-0.05, 0) is 45.7 Å². The van der Waals surface area contributed by atoms with Gasteiger partial charge in [0.05, 0.1) is 24.1 Å². The summed E-state index contributed by atoms with van der Waals surface area (Å²) in [6.45, 7) is 10.3. The number of halogens is 1. The second-order valence-corrected chi connectivity index (χ2v) is 12.3. The van der Waals surface area contributed by atoms with Gasteiger partial charge in [0.1, 0.15) is 16.1 Å². The lowest BCUT2D eigenvalue weighted by atomic mass is 9.80. The molecule has 0 amide bonds. The molecule has 32 heavy (non-hydrogen) atoms. The Morgan fingerprint density at radius 2 is 1.72 bits per heavy atom. The molecule has 0 spiro atoms. The lowest BCUT2D eigenvalue weighted by Crippen LogP contribution is -2.68. The maximum atomic E-state index is 15.2. The summed E-state index contributed by atoms with van der Waals surface area (Å²) in [5, 5.41) is 12.7. The van der Waals surface area contributed by atoms with Gasteiger partial charge in [0.15, 0.2) is 9.84 Å². The topological polar surface area (TPSA) is 75.6 Å². The third-order valence-electron chi connectivity index (χ3n) is 6.22. The molecule has 174 valence electrons. The Bertz CT molecular complexity index is 1080. The second kappa shape index (κ2) is 8.61. The SMILES string of the molecule is C=C1N[C@](COCc2ccccc2)(c2ccccc2F)[C@@H](CC(C)(C)O)S(=O)(=O)C1(C)C. The summed E-state index contributed by atoms with van der Waals surface area (Å²) < 4.78 is 47.6. The Balaban J connectivity index is 2.15. The molecule has 1 saturated heterocycles.